The molecular formula is C28H34F2N8. The van der Waals surface area contributed by atoms with Gasteiger partial charge in [-0.25, -0.2) is 28.7 Å². The number of aromatic nitrogens is 5. The highest BCUT2D eigenvalue weighted by Gasteiger charge is 2.22. The van der Waals surface area contributed by atoms with Crippen LogP contribution >= 0.6 is 0 Å². The third-order valence-electron chi connectivity index (χ3n) is 7.19. The number of nitrogens with zero attached hydrogens (tertiary/aromatic N) is 7. The van der Waals surface area contributed by atoms with Crippen LogP contribution in [0.3, 0.4) is 0 Å². The number of nitrogens with one attached hydrogen (secondary N) is 1. The first-order valence-electron chi connectivity index (χ1n) is 13.1. The maximum atomic E-state index is 15.0. The summed E-state index contributed by atoms with van der Waals surface area (Å²) in [7, 11) is 0. The summed E-state index contributed by atoms with van der Waals surface area (Å²) in [5.74, 6) is 0.271. The van der Waals surface area contributed by atoms with Gasteiger partial charge in [0, 0.05) is 50.0 Å². The van der Waals surface area contributed by atoms with E-state index in [1.54, 1.807) is 6.07 Å². The van der Waals surface area contributed by atoms with Crippen LogP contribution in [0.2, 0.25) is 0 Å². The van der Waals surface area contributed by atoms with Crippen LogP contribution in [0.25, 0.3) is 22.3 Å². The van der Waals surface area contributed by atoms with Gasteiger partial charge < -0.3 is 9.88 Å². The fourth-order valence-electron chi connectivity index (χ4n) is 5.34. The van der Waals surface area contributed by atoms with Crippen molar-refractivity contribution in [1.29, 1.82) is 0 Å². The lowest BCUT2D eigenvalue weighted by molar-refractivity contribution is 0.0834. The van der Waals surface area contributed by atoms with E-state index in [1.165, 1.54) is 6.07 Å². The van der Waals surface area contributed by atoms with Gasteiger partial charge in [0.2, 0.25) is 5.95 Å². The van der Waals surface area contributed by atoms with E-state index in [9.17, 15) is 8.78 Å². The minimum atomic E-state index is -0.637. The lowest BCUT2D eigenvalue weighted by Gasteiger charge is -2.39. The van der Waals surface area contributed by atoms with Crippen molar-refractivity contribution in [2.45, 2.75) is 53.2 Å². The lowest BCUT2D eigenvalue weighted by atomic mass is 10.1. The first-order chi connectivity index (χ1) is 18.2. The Balaban J connectivity index is 1.34. The van der Waals surface area contributed by atoms with Crippen molar-refractivity contribution in [1.82, 2.24) is 34.3 Å². The quantitative estimate of drug-likeness (QED) is 0.353. The zero-order chi connectivity index (χ0) is 27.0. The molecule has 0 radical (unpaired) electrons. The van der Waals surface area contributed by atoms with Crippen LogP contribution in [0.15, 0.2) is 36.7 Å². The average Bonchev–Trinajstić information content (AvgIpc) is 3.23. The van der Waals surface area contributed by atoms with Crippen molar-refractivity contribution in [2.24, 2.45) is 0 Å². The van der Waals surface area contributed by atoms with E-state index in [1.807, 2.05) is 43.7 Å². The molecule has 4 aromatic rings. The highest BCUT2D eigenvalue weighted by atomic mass is 19.1. The molecule has 0 bridgehead atoms. The number of piperazine rings is 1. The summed E-state index contributed by atoms with van der Waals surface area (Å²) >= 11 is 0. The molecule has 0 amide bonds. The van der Waals surface area contributed by atoms with Gasteiger partial charge in [-0.1, -0.05) is 13.0 Å². The van der Waals surface area contributed by atoms with Crippen LogP contribution in [0.4, 0.5) is 20.5 Å². The molecule has 0 spiro atoms. The molecule has 0 saturated carbocycles. The van der Waals surface area contributed by atoms with E-state index in [2.05, 4.69) is 48.9 Å². The van der Waals surface area contributed by atoms with Crippen molar-refractivity contribution in [3.63, 3.8) is 0 Å². The second-order valence-electron chi connectivity index (χ2n) is 10.2. The fourth-order valence-corrected chi connectivity index (χ4v) is 5.34. The number of imidazole rings is 1. The third kappa shape index (κ3) is 5.23. The van der Waals surface area contributed by atoms with Crippen molar-refractivity contribution in [2.75, 3.05) is 31.5 Å². The number of anilines is 2. The summed E-state index contributed by atoms with van der Waals surface area (Å²) in [6.07, 6.45) is 2.92. The van der Waals surface area contributed by atoms with Crippen LogP contribution in [0, 0.1) is 18.6 Å². The van der Waals surface area contributed by atoms with Gasteiger partial charge in [-0.2, -0.15) is 0 Å². The highest BCUT2D eigenvalue weighted by molar-refractivity contribution is 5.83. The molecule has 5 rings (SSSR count). The molecule has 8 nitrogen and oxygen atoms in total. The van der Waals surface area contributed by atoms with Crippen LogP contribution in [0.5, 0.6) is 0 Å². The predicted octanol–water partition coefficient (Wildman–Crippen LogP) is 5.33. The van der Waals surface area contributed by atoms with Gasteiger partial charge in [0.25, 0.3) is 0 Å². The van der Waals surface area contributed by atoms with Crippen molar-refractivity contribution >= 4 is 22.8 Å². The zero-order valence-corrected chi connectivity index (χ0v) is 22.5. The molecule has 1 aliphatic heterocycles. The Morgan fingerprint density at radius 3 is 2.55 bits per heavy atom. The van der Waals surface area contributed by atoms with Gasteiger partial charge in [0.05, 0.1) is 11.7 Å². The Bertz CT molecular complexity index is 1430. The molecule has 1 aliphatic rings. The standard InChI is InChI=1S/C28H34F2N8/c1-6-37-10-9-36(15-18(37)4)16-20-7-8-25(31-13-20)34-28-32-14-23(30)26(35-28)21-11-22(29)27-24(12-21)38(17(2)3)19(5)33-27/h7-8,11-14,17-18H,6,9-10,15-16H2,1-5H3,(H,31,32,34,35). The van der Waals surface area contributed by atoms with Crippen LogP contribution in [0.1, 0.15) is 45.1 Å². The molecule has 4 heterocycles. The topological polar surface area (TPSA) is 75.0 Å². The second-order valence-corrected chi connectivity index (χ2v) is 10.2. The number of hydrogen-bond acceptors (Lipinski definition) is 7. The Kier molecular flexibility index (Phi) is 7.36. The van der Waals surface area contributed by atoms with Crippen molar-refractivity contribution in [3.05, 3.63) is 59.7 Å². The molecule has 3 aromatic heterocycles. The second kappa shape index (κ2) is 10.7. The first kappa shape index (κ1) is 26.1. The van der Waals surface area contributed by atoms with Crippen molar-refractivity contribution < 1.29 is 8.78 Å². The Hall–Kier alpha value is -3.50. The van der Waals surface area contributed by atoms with E-state index in [4.69, 9.17) is 0 Å². The number of aryl methyl sites for hydroxylation is 1. The number of hydrogen-bond donors (Lipinski definition) is 1. The van der Waals surface area contributed by atoms with Crippen LogP contribution in [-0.2, 0) is 6.54 Å². The SMILES string of the molecule is CCN1CCN(Cc2ccc(Nc3ncc(F)c(-c4cc(F)c5nc(C)n(C(C)C)c5c4)n3)nc2)CC1C. The van der Waals surface area contributed by atoms with E-state index in [0.717, 1.165) is 44.5 Å². The maximum Gasteiger partial charge on any atom is 0.229 e. The maximum absolute atomic E-state index is 15.0. The molecule has 10 heteroatoms. The summed E-state index contributed by atoms with van der Waals surface area (Å²) in [4.78, 5) is 22.2. The van der Waals surface area contributed by atoms with Gasteiger partial charge in [0.15, 0.2) is 11.6 Å². The summed E-state index contributed by atoms with van der Waals surface area (Å²) in [5.41, 5.74) is 2.31. The number of rotatable bonds is 7. The summed E-state index contributed by atoms with van der Waals surface area (Å²) < 4.78 is 31.7. The molecule has 1 aromatic carbocycles. The highest BCUT2D eigenvalue weighted by Crippen LogP contribution is 2.30. The smallest absolute Gasteiger partial charge is 0.229 e. The number of likely N-dealkylation sites (N-methyl/N-ethyl adjacent to an activating group) is 1. The monoisotopic (exact) mass is 520 g/mol. The van der Waals surface area contributed by atoms with Crippen LogP contribution in [-0.4, -0.2) is 66.5 Å². The number of pyridine rings is 1. The normalized spacial score (nSPS) is 17.0. The first-order valence-corrected chi connectivity index (χ1v) is 13.1. The molecule has 1 fully saturated rings. The van der Waals surface area contributed by atoms with Gasteiger partial charge in [-0.15, -0.1) is 0 Å². The number of benzene rings is 1. The van der Waals surface area contributed by atoms with E-state index in [0.29, 0.717) is 28.8 Å². The predicted molar refractivity (Wildman–Crippen MR) is 145 cm³/mol. The van der Waals surface area contributed by atoms with E-state index >= 15 is 0 Å². The Morgan fingerprint density at radius 1 is 1.05 bits per heavy atom. The largest absolute Gasteiger partial charge is 0.326 e. The Morgan fingerprint density at radius 2 is 1.87 bits per heavy atom. The lowest BCUT2D eigenvalue weighted by Crippen LogP contribution is -2.51. The Labute approximate surface area is 221 Å². The van der Waals surface area contributed by atoms with Gasteiger partial charge in [-0.05, 0) is 58.0 Å². The molecule has 0 aliphatic carbocycles. The zero-order valence-electron chi connectivity index (χ0n) is 22.5. The summed E-state index contributed by atoms with van der Waals surface area (Å²) in [6, 6.07) is 7.49. The van der Waals surface area contributed by atoms with Gasteiger partial charge >= 0.3 is 0 Å². The molecule has 1 saturated heterocycles. The number of fused-ring (bicyclic) bond motifs is 1. The van der Waals surface area contributed by atoms with Gasteiger partial charge in [0.1, 0.15) is 22.9 Å². The summed E-state index contributed by atoms with van der Waals surface area (Å²) in [6.45, 7) is 15.4. The minimum absolute atomic E-state index is 0.00872. The number of halogens is 2. The minimum Gasteiger partial charge on any atom is -0.326 e. The fraction of sp³-hybridized carbons (Fsp3) is 0.429. The molecule has 200 valence electrons. The summed E-state index contributed by atoms with van der Waals surface area (Å²) in [5, 5.41) is 3.05. The van der Waals surface area contributed by atoms with Crippen molar-refractivity contribution in [3.8, 4) is 11.3 Å². The third-order valence-corrected chi connectivity index (χ3v) is 7.19. The van der Waals surface area contributed by atoms with E-state index < -0.39 is 11.6 Å². The average molecular weight is 521 g/mol. The van der Waals surface area contributed by atoms with Crippen LogP contribution < -0.4 is 5.32 Å². The molecule has 1 atom stereocenters. The van der Waals surface area contributed by atoms with E-state index in [-0.39, 0.29) is 23.2 Å². The molecule has 1 N–H and O–H groups in total. The molecule has 1 unspecified atom stereocenters. The molecular weight excluding hydrogens is 486 g/mol. The molecule has 38 heavy (non-hydrogen) atoms. The van der Waals surface area contributed by atoms with Gasteiger partial charge in [-0.3, -0.25) is 9.80 Å².